The van der Waals surface area contributed by atoms with Crippen LogP contribution in [0.3, 0.4) is 0 Å². The van der Waals surface area contributed by atoms with Crippen LogP contribution in [0.5, 0.6) is 0 Å². The standard InChI is InChI=1S/C66H129NO6/c1-3-5-7-9-11-13-15-33-37-41-45-49-53-57-66(72)73-60-54-50-46-42-38-35-32-30-28-26-24-22-20-18-16-17-19-21-23-25-27-29-31-34-36-40-44-48-52-56-65(71)67-63(61-68)64(70)59-58-62(69)55-51-47-43-39-14-12-10-8-6-4-2/h58-59,62-64,68-70H,3-57,60-61H2,1-2H3,(H,67,71)/b59-58+. The molecule has 0 radical (unpaired) electrons. The first-order valence-electron chi connectivity index (χ1n) is 33.0. The van der Waals surface area contributed by atoms with E-state index in [4.69, 9.17) is 4.74 Å². The molecular weight excluding hydrogens is 903 g/mol. The molecule has 4 N–H and O–H groups in total. The molecule has 0 aromatic rings. The molecule has 3 atom stereocenters. The second-order valence-corrected chi connectivity index (χ2v) is 23.0. The van der Waals surface area contributed by atoms with E-state index in [1.807, 2.05) is 0 Å². The van der Waals surface area contributed by atoms with Crippen LogP contribution in [-0.4, -0.2) is 58.7 Å². The first-order valence-corrected chi connectivity index (χ1v) is 33.0. The topological polar surface area (TPSA) is 116 Å². The summed E-state index contributed by atoms with van der Waals surface area (Å²) in [5.41, 5.74) is 0. The minimum absolute atomic E-state index is 0.0188. The molecule has 0 aromatic carbocycles. The molecule has 73 heavy (non-hydrogen) atoms. The SMILES string of the molecule is CCCCCCCCCCCCCCCC(=O)OCCCCCCCCCCCCCCCCCCCCCCCCCCCCCCCC(=O)NC(CO)C(O)/C=C/C(O)CCCCCCCCCCCC. The molecule has 434 valence electrons. The molecule has 0 aromatic heterocycles. The fourth-order valence-corrected chi connectivity index (χ4v) is 10.5. The molecule has 0 saturated heterocycles. The second kappa shape index (κ2) is 61.4. The summed E-state index contributed by atoms with van der Waals surface area (Å²) < 4.78 is 5.49. The van der Waals surface area contributed by atoms with Crippen molar-refractivity contribution in [3.05, 3.63) is 12.2 Å². The van der Waals surface area contributed by atoms with Crippen molar-refractivity contribution in [2.24, 2.45) is 0 Å². The number of hydrogen-bond donors (Lipinski definition) is 4. The normalized spacial score (nSPS) is 13.0. The van der Waals surface area contributed by atoms with Crippen molar-refractivity contribution in [2.75, 3.05) is 13.2 Å². The van der Waals surface area contributed by atoms with Gasteiger partial charge in [-0.25, -0.2) is 0 Å². The van der Waals surface area contributed by atoms with E-state index in [1.165, 1.54) is 295 Å². The summed E-state index contributed by atoms with van der Waals surface area (Å²) in [7, 11) is 0. The van der Waals surface area contributed by atoms with E-state index in [2.05, 4.69) is 19.2 Å². The number of ether oxygens (including phenoxy) is 1. The third-order valence-corrected chi connectivity index (χ3v) is 15.6. The Morgan fingerprint density at radius 3 is 0.959 bits per heavy atom. The third kappa shape index (κ3) is 58.1. The van der Waals surface area contributed by atoms with E-state index < -0.39 is 18.2 Å². The first-order chi connectivity index (χ1) is 35.9. The van der Waals surface area contributed by atoms with Crippen molar-refractivity contribution in [2.45, 2.75) is 385 Å². The number of esters is 1. The quantitative estimate of drug-likeness (QED) is 0.0274. The van der Waals surface area contributed by atoms with Gasteiger partial charge in [-0.1, -0.05) is 341 Å². The van der Waals surface area contributed by atoms with Crippen LogP contribution in [0.25, 0.3) is 0 Å². The van der Waals surface area contributed by atoms with Crippen molar-refractivity contribution in [3.8, 4) is 0 Å². The summed E-state index contributed by atoms with van der Waals surface area (Å²) >= 11 is 0. The zero-order valence-corrected chi connectivity index (χ0v) is 49.3. The molecule has 0 heterocycles. The van der Waals surface area contributed by atoms with Gasteiger partial charge < -0.3 is 25.4 Å². The molecule has 7 nitrogen and oxygen atoms in total. The average molecular weight is 1030 g/mol. The summed E-state index contributed by atoms with van der Waals surface area (Å²) in [5.74, 6) is -0.108. The minimum atomic E-state index is -1.02. The highest BCUT2D eigenvalue weighted by Crippen LogP contribution is 2.19. The number of carbonyl (C=O) groups excluding carboxylic acids is 2. The van der Waals surface area contributed by atoms with Gasteiger partial charge in [-0.15, -0.1) is 0 Å². The van der Waals surface area contributed by atoms with Gasteiger partial charge in [0.15, 0.2) is 0 Å². The Hall–Kier alpha value is -1.44. The van der Waals surface area contributed by atoms with E-state index in [9.17, 15) is 24.9 Å². The lowest BCUT2D eigenvalue weighted by atomic mass is 10.0. The van der Waals surface area contributed by atoms with Gasteiger partial charge in [0.1, 0.15) is 0 Å². The number of rotatable bonds is 62. The number of nitrogens with one attached hydrogen (secondary N) is 1. The molecule has 0 rings (SSSR count). The summed E-state index contributed by atoms with van der Waals surface area (Å²) in [5, 5.41) is 33.4. The van der Waals surface area contributed by atoms with Gasteiger partial charge in [0.05, 0.1) is 31.5 Å². The van der Waals surface area contributed by atoms with Crippen LogP contribution in [0, 0.1) is 0 Å². The predicted octanol–water partition coefficient (Wildman–Crippen LogP) is 19.8. The molecule has 0 aliphatic rings. The minimum Gasteiger partial charge on any atom is -0.466 e. The van der Waals surface area contributed by atoms with Crippen LogP contribution < -0.4 is 5.32 Å². The maximum atomic E-state index is 12.5. The molecule has 0 bridgehead atoms. The Morgan fingerprint density at radius 2 is 0.644 bits per heavy atom. The van der Waals surface area contributed by atoms with Crippen molar-refractivity contribution < 1.29 is 29.6 Å². The van der Waals surface area contributed by atoms with Crippen LogP contribution in [0.15, 0.2) is 12.2 Å². The van der Waals surface area contributed by atoms with Crippen molar-refractivity contribution in [1.29, 1.82) is 0 Å². The highest BCUT2D eigenvalue weighted by Gasteiger charge is 2.18. The summed E-state index contributed by atoms with van der Waals surface area (Å²) in [6, 6.07) is -0.746. The number of carbonyl (C=O) groups is 2. The average Bonchev–Trinajstić information content (AvgIpc) is 3.39. The number of aliphatic hydroxyl groups is 3. The molecular formula is C66H129NO6. The number of aliphatic hydroxyl groups excluding tert-OH is 3. The molecule has 3 unspecified atom stereocenters. The van der Waals surface area contributed by atoms with Gasteiger partial charge in [0, 0.05) is 12.8 Å². The molecule has 0 aliphatic carbocycles. The van der Waals surface area contributed by atoms with Crippen LogP contribution >= 0.6 is 0 Å². The van der Waals surface area contributed by atoms with Crippen molar-refractivity contribution in [3.63, 3.8) is 0 Å². The van der Waals surface area contributed by atoms with Gasteiger partial charge in [-0.3, -0.25) is 9.59 Å². The zero-order chi connectivity index (χ0) is 53.0. The Morgan fingerprint density at radius 1 is 0.370 bits per heavy atom. The Balaban J connectivity index is 3.37. The van der Waals surface area contributed by atoms with Gasteiger partial charge in [-0.05, 0) is 25.7 Å². The Kier molecular flexibility index (Phi) is 60.2. The summed E-state index contributed by atoms with van der Waals surface area (Å²) in [6.07, 6.45) is 71.5. The lowest BCUT2D eigenvalue weighted by Gasteiger charge is -2.20. The van der Waals surface area contributed by atoms with Crippen LogP contribution in [-0.2, 0) is 14.3 Å². The number of amides is 1. The Labute approximate surface area is 455 Å². The van der Waals surface area contributed by atoms with E-state index in [1.54, 1.807) is 6.08 Å². The number of unbranched alkanes of at least 4 members (excludes halogenated alkanes) is 49. The van der Waals surface area contributed by atoms with Gasteiger partial charge >= 0.3 is 5.97 Å². The maximum Gasteiger partial charge on any atom is 0.305 e. The van der Waals surface area contributed by atoms with Gasteiger partial charge in [0.25, 0.3) is 0 Å². The molecule has 0 spiro atoms. The molecule has 0 saturated carbocycles. The summed E-state index contributed by atoms with van der Waals surface area (Å²) in [4.78, 5) is 24.5. The third-order valence-electron chi connectivity index (χ3n) is 15.6. The lowest BCUT2D eigenvalue weighted by Crippen LogP contribution is -2.45. The van der Waals surface area contributed by atoms with E-state index in [-0.39, 0.29) is 18.5 Å². The van der Waals surface area contributed by atoms with Crippen LogP contribution in [0.1, 0.15) is 367 Å². The van der Waals surface area contributed by atoms with Gasteiger partial charge in [-0.2, -0.15) is 0 Å². The van der Waals surface area contributed by atoms with E-state index in [0.717, 1.165) is 44.9 Å². The van der Waals surface area contributed by atoms with Gasteiger partial charge in [0.2, 0.25) is 5.91 Å². The fourth-order valence-electron chi connectivity index (χ4n) is 10.5. The van der Waals surface area contributed by atoms with Crippen molar-refractivity contribution >= 4 is 11.9 Å². The number of hydrogen-bond acceptors (Lipinski definition) is 6. The van der Waals surface area contributed by atoms with Crippen molar-refractivity contribution in [1.82, 2.24) is 5.32 Å². The lowest BCUT2D eigenvalue weighted by molar-refractivity contribution is -0.143. The monoisotopic (exact) mass is 1030 g/mol. The van der Waals surface area contributed by atoms with Crippen LogP contribution in [0.4, 0.5) is 0 Å². The predicted molar refractivity (Wildman–Crippen MR) is 316 cm³/mol. The van der Waals surface area contributed by atoms with E-state index in [0.29, 0.717) is 25.9 Å². The molecule has 0 aliphatic heterocycles. The zero-order valence-electron chi connectivity index (χ0n) is 49.3. The molecule has 7 heteroatoms. The molecule has 0 fully saturated rings. The van der Waals surface area contributed by atoms with Crippen LogP contribution in [0.2, 0.25) is 0 Å². The Bertz CT molecular complexity index is 1120. The smallest absolute Gasteiger partial charge is 0.305 e. The highest BCUT2D eigenvalue weighted by atomic mass is 16.5. The summed E-state index contributed by atoms with van der Waals surface area (Å²) in [6.45, 7) is 4.82. The first kappa shape index (κ1) is 71.6. The molecule has 1 amide bonds. The largest absolute Gasteiger partial charge is 0.466 e. The fraction of sp³-hybridized carbons (Fsp3) is 0.939. The maximum absolute atomic E-state index is 12.5. The second-order valence-electron chi connectivity index (χ2n) is 23.0. The highest BCUT2D eigenvalue weighted by molar-refractivity contribution is 5.76. The van der Waals surface area contributed by atoms with E-state index >= 15 is 0 Å².